The van der Waals surface area contributed by atoms with E-state index in [-0.39, 0.29) is 0 Å². The Kier molecular flexibility index (Phi) is 4.94. The summed E-state index contributed by atoms with van der Waals surface area (Å²) in [6.45, 7) is 3.99. The third kappa shape index (κ3) is 3.27. The fourth-order valence-corrected chi connectivity index (χ4v) is 2.83. The van der Waals surface area contributed by atoms with Gasteiger partial charge in [0.2, 0.25) is 0 Å². The Morgan fingerprint density at radius 3 is 2.70 bits per heavy atom. The molecule has 0 unspecified atom stereocenters. The summed E-state index contributed by atoms with van der Waals surface area (Å²) in [7, 11) is 0. The van der Waals surface area contributed by atoms with E-state index in [0.717, 1.165) is 16.2 Å². The first-order chi connectivity index (χ1) is 9.65. The van der Waals surface area contributed by atoms with Gasteiger partial charge in [0, 0.05) is 9.92 Å². The van der Waals surface area contributed by atoms with Crippen molar-refractivity contribution in [1.82, 2.24) is 0 Å². The molecule has 0 saturated heterocycles. The summed E-state index contributed by atoms with van der Waals surface area (Å²) in [6, 6.07) is 13.3. The maximum absolute atomic E-state index is 9.35. The van der Waals surface area contributed by atoms with Gasteiger partial charge in [-0.2, -0.15) is 5.26 Å². The van der Waals surface area contributed by atoms with Crippen molar-refractivity contribution in [3.63, 3.8) is 0 Å². The van der Waals surface area contributed by atoms with Gasteiger partial charge in [0.25, 0.3) is 0 Å². The van der Waals surface area contributed by atoms with Crippen molar-refractivity contribution in [2.75, 3.05) is 5.75 Å². The van der Waals surface area contributed by atoms with Crippen LogP contribution in [-0.4, -0.2) is 5.75 Å². The number of halogens is 1. The summed E-state index contributed by atoms with van der Waals surface area (Å²) in [6.07, 6.45) is 0. The molecule has 0 atom stereocenters. The molecule has 0 heterocycles. The van der Waals surface area contributed by atoms with E-state index in [2.05, 4.69) is 13.0 Å². The van der Waals surface area contributed by atoms with Crippen LogP contribution < -0.4 is 4.74 Å². The number of rotatable bonds is 4. The van der Waals surface area contributed by atoms with Crippen molar-refractivity contribution in [2.45, 2.75) is 18.7 Å². The summed E-state index contributed by atoms with van der Waals surface area (Å²) in [4.78, 5) is 0.944. The van der Waals surface area contributed by atoms with Crippen LogP contribution in [0.3, 0.4) is 0 Å². The molecule has 2 rings (SSSR count). The topological polar surface area (TPSA) is 33.0 Å². The molecule has 0 saturated carbocycles. The lowest BCUT2D eigenvalue weighted by Crippen LogP contribution is -1.92. The molecule has 0 aromatic heterocycles. The zero-order valence-electron chi connectivity index (χ0n) is 11.3. The molecule has 4 heteroatoms. The van der Waals surface area contributed by atoms with Crippen LogP contribution in [0.25, 0.3) is 0 Å². The van der Waals surface area contributed by atoms with E-state index in [4.69, 9.17) is 16.3 Å². The number of hydrogen-bond donors (Lipinski definition) is 0. The zero-order chi connectivity index (χ0) is 14.5. The fourth-order valence-electron chi connectivity index (χ4n) is 1.83. The van der Waals surface area contributed by atoms with Crippen molar-refractivity contribution in [1.29, 1.82) is 5.26 Å². The Balaban J connectivity index is 2.38. The molecule has 0 amide bonds. The first-order valence-electron chi connectivity index (χ1n) is 6.25. The molecule has 2 nitrogen and oxygen atoms in total. The van der Waals surface area contributed by atoms with E-state index in [1.54, 1.807) is 17.8 Å². The predicted molar refractivity (Wildman–Crippen MR) is 83.8 cm³/mol. The minimum absolute atomic E-state index is 0.578. The highest BCUT2D eigenvalue weighted by atomic mass is 35.5. The Morgan fingerprint density at radius 1 is 1.25 bits per heavy atom. The lowest BCUT2D eigenvalue weighted by molar-refractivity contribution is 0.476. The minimum atomic E-state index is 0.578. The van der Waals surface area contributed by atoms with Crippen LogP contribution in [0, 0.1) is 18.3 Å². The molecular formula is C16H14ClNOS. The smallest absolute Gasteiger partial charge is 0.146 e. The van der Waals surface area contributed by atoms with Crippen molar-refractivity contribution in [2.24, 2.45) is 0 Å². The third-order valence-electron chi connectivity index (χ3n) is 2.76. The first-order valence-corrected chi connectivity index (χ1v) is 7.62. The Hall–Kier alpha value is -1.63. The van der Waals surface area contributed by atoms with Gasteiger partial charge in [0.05, 0.1) is 0 Å². The lowest BCUT2D eigenvalue weighted by Gasteiger charge is -2.12. The molecule has 0 bridgehead atoms. The van der Waals surface area contributed by atoms with Gasteiger partial charge in [-0.05, 0) is 48.6 Å². The number of hydrogen-bond acceptors (Lipinski definition) is 3. The van der Waals surface area contributed by atoms with Crippen molar-refractivity contribution < 1.29 is 4.74 Å². The summed E-state index contributed by atoms with van der Waals surface area (Å²) in [5.41, 5.74) is 1.52. The molecule has 0 spiro atoms. The van der Waals surface area contributed by atoms with Crippen LogP contribution in [0.5, 0.6) is 11.5 Å². The third-order valence-corrected chi connectivity index (χ3v) is 3.93. The van der Waals surface area contributed by atoms with Gasteiger partial charge in [0.15, 0.2) is 0 Å². The van der Waals surface area contributed by atoms with Crippen LogP contribution in [0.1, 0.15) is 18.1 Å². The summed E-state index contributed by atoms with van der Waals surface area (Å²) in [5.74, 6) is 2.21. The summed E-state index contributed by atoms with van der Waals surface area (Å²) >= 11 is 7.57. The second-order valence-corrected chi connectivity index (χ2v) is 5.93. The number of nitrogens with zero attached hydrogens (tertiary/aromatic N) is 1. The Labute approximate surface area is 128 Å². The van der Waals surface area contributed by atoms with Gasteiger partial charge in [0.1, 0.15) is 23.1 Å². The van der Waals surface area contributed by atoms with Gasteiger partial charge in [-0.3, -0.25) is 0 Å². The molecular weight excluding hydrogens is 290 g/mol. The molecule has 0 aliphatic rings. The summed E-state index contributed by atoms with van der Waals surface area (Å²) in [5, 5.41) is 10.0. The lowest BCUT2D eigenvalue weighted by atomic mass is 10.2. The molecule has 0 fully saturated rings. The standard InChI is InChI=1S/C16H14ClNOS/c1-3-20-16-6-4-5-15(13(16)10-18)19-14-8-7-12(17)9-11(14)2/h4-9H,3H2,1-2H3. The van der Waals surface area contributed by atoms with Crippen molar-refractivity contribution in [3.8, 4) is 17.6 Å². The van der Waals surface area contributed by atoms with Crippen LogP contribution in [-0.2, 0) is 0 Å². The highest BCUT2D eigenvalue weighted by Crippen LogP contribution is 2.34. The van der Waals surface area contributed by atoms with Gasteiger partial charge in [-0.25, -0.2) is 0 Å². The molecule has 20 heavy (non-hydrogen) atoms. The number of aryl methyl sites for hydroxylation is 1. The molecule has 2 aromatic rings. The van der Waals surface area contributed by atoms with Gasteiger partial charge >= 0.3 is 0 Å². The quantitative estimate of drug-likeness (QED) is 0.707. The molecule has 0 N–H and O–H groups in total. The highest BCUT2D eigenvalue weighted by molar-refractivity contribution is 7.99. The van der Waals surface area contributed by atoms with Gasteiger partial charge < -0.3 is 4.74 Å². The van der Waals surface area contributed by atoms with Crippen LogP contribution in [0.2, 0.25) is 5.02 Å². The maximum atomic E-state index is 9.35. The number of benzene rings is 2. The number of ether oxygens (including phenoxy) is 1. The second-order valence-electron chi connectivity index (χ2n) is 4.19. The number of thioether (sulfide) groups is 1. The minimum Gasteiger partial charge on any atom is -0.456 e. The average molecular weight is 304 g/mol. The Morgan fingerprint density at radius 2 is 2.05 bits per heavy atom. The van der Waals surface area contributed by atoms with E-state index in [9.17, 15) is 5.26 Å². The summed E-state index contributed by atoms with van der Waals surface area (Å²) < 4.78 is 5.88. The highest BCUT2D eigenvalue weighted by Gasteiger charge is 2.11. The molecule has 2 aromatic carbocycles. The normalized spacial score (nSPS) is 10.1. The zero-order valence-corrected chi connectivity index (χ0v) is 12.9. The largest absolute Gasteiger partial charge is 0.456 e. The second kappa shape index (κ2) is 6.69. The predicted octanol–water partition coefficient (Wildman–Crippen LogP) is 5.42. The van der Waals surface area contributed by atoms with E-state index in [1.165, 1.54) is 0 Å². The van der Waals surface area contributed by atoms with Crippen molar-refractivity contribution >= 4 is 23.4 Å². The number of nitriles is 1. The monoisotopic (exact) mass is 303 g/mol. The van der Waals surface area contributed by atoms with Crippen LogP contribution in [0.15, 0.2) is 41.3 Å². The SMILES string of the molecule is CCSc1cccc(Oc2ccc(Cl)cc2C)c1C#N. The van der Waals surface area contributed by atoms with E-state index in [0.29, 0.717) is 22.1 Å². The van der Waals surface area contributed by atoms with Crippen LogP contribution >= 0.6 is 23.4 Å². The van der Waals surface area contributed by atoms with E-state index < -0.39 is 0 Å². The van der Waals surface area contributed by atoms with E-state index >= 15 is 0 Å². The maximum Gasteiger partial charge on any atom is 0.146 e. The first kappa shape index (κ1) is 14.8. The van der Waals surface area contributed by atoms with Crippen LogP contribution in [0.4, 0.5) is 0 Å². The van der Waals surface area contributed by atoms with E-state index in [1.807, 2.05) is 37.3 Å². The van der Waals surface area contributed by atoms with Crippen molar-refractivity contribution in [3.05, 3.63) is 52.5 Å². The van der Waals surface area contributed by atoms with Gasteiger partial charge in [-0.15, -0.1) is 11.8 Å². The molecule has 0 radical (unpaired) electrons. The Bertz CT molecular complexity index is 664. The average Bonchev–Trinajstić information content (AvgIpc) is 2.42. The van der Waals surface area contributed by atoms with Gasteiger partial charge in [-0.1, -0.05) is 24.6 Å². The molecule has 102 valence electrons. The molecule has 0 aliphatic heterocycles. The molecule has 0 aliphatic carbocycles. The fraction of sp³-hybridized carbons (Fsp3) is 0.188.